The van der Waals surface area contributed by atoms with E-state index < -0.39 is 12.0 Å². The number of hydrogen-bond acceptors (Lipinski definition) is 4. The lowest BCUT2D eigenvalue weighted by molar-refractivity contribution is -0.138. The number of carbonyl (C=O) groups is 1. The number of aromatic nitrogens is 3. The third kappa shape index (κ3) is 5.77. The fraction of sp³-hybridized carbons (Fsp3) is 0.526. The molecule has 0 radical (unpaired) electrons. The van der Waals surface area contributed by atoms with Crippen molar-refractivity contribution in [1.82, 2.24) is 14.8 Å². The van der Waals surface area contributed by atoms with Gasteiger partial charge >= 0.3 is 5.97 Å². The molecule has 1 heterocycles. The van der Waals surface area contributed by atoms with Crippen molar-refractivity contribution in [3.63, 3.8) is 0 Å². The summed E-state index contributed by atoms with van der Waals surface area (Å²) in [5.41, 5.74) is 1.73. The minimum absolute atomic E-state index is 0.496. The van der Waals surface area contributed by atoms with Gasteiger partial charge in [0.2, 0.25) is 0 Å². The number of carboxylic acid groups (broad SMARTS) is 1. The molecule has 0 aliphatic heterocycles. The highest BCUT2D eigenvalue weighted by Gasteiger charge is 2.20. The first-order valence-electron chi connectivity index (χ1n) is 9.45. The molecule has 1 unspecified atom stereocenters. The normalized spacial score (nSPS) is 12.1. The van der Waals surface area contributed by atoms with Crippen molar-refractivity contribution in [2.45, 2.75) is 58.4 Å². The molecule has 1 aromatic heterocycles. The maximum atomic E-state index is 11.5. The summed E-state index contributed by atoms with van der Waals surface area (Å²) in [5, 5.41) is 15.1. The highest BCUT2D eigenvalue weighted by atomic mass is 32.1. The van der Waals surface area contributed by atoms with Crippen LogP contribution in [0.15, 0.2) is 24.3 Å². The van der Waals surface area contributed by atoms with E-state index in [-0.39, 0.29) is 0 Å². The van der Waals surface area contributed by atoms with Gasteiger partial charge in [-0.2, -0.15) is 0 Å². The van der Waals surface area contributed by atoms with Crippen molar-refractivity contribution in [1.29, 1.82) is 0 Å². The second kappa shape index (κ2) is 10.4. The zero-order chi connectivity index (χ0) is 19.8. The lowest BCUT2D eigenvalue weighted by Gasteiger charge is -2.29. The van der Waals surface area contributed by atoms with Crippen molar-refractivity contribution in [3.8, 4) is 5.69 Å². The first kappa shape index (κ1) is 21.4. The van der Waals surface area contributed by atoms with Crippen LogP contribution < -0.4 is 4.90 Å². The van der Waals surface area contributed by atoms with E-state index in [9.17, 15) is 9.90 Å². The summed E-state index contributed by atoms with van der Waals surface area (Å²) in [6.07, 6.45) is 7.04. The smallest absolute Gasteiger partial charge is 0.326 e. The average molecular weight is 409 g/mol. The lowest BCUT2D eigenvalue weighted by atomic mass is 10.1. The molecular weight excluding hydrogens is 380 g/mol. The quantitative estimate of drug-likeness (QED) is 0.350. The third-order valence-electron chi connectivity index (χ3n) is 4.70. The summed E-state index contributed by atoms with van der Waals surface area (Å²) < 4.78 is 2.72. The fourth-order valence-electron chi connectivity index (χ4n) is 3.08. The Morgan fingerprint density at radius 1 is 1.07 bits per heavy atom. The number of aliphatic carboxylic acids is 1. The van der Waals surface area contributed by atoms with Gasteiger partial charge in [-0.15, -0.1) is 0 Å². The van der Waals surface area contributed by atoms with Gasteiger partial charge in [0.05, 0.1) is 5.69 Å². The lowest BCUT2D eigenvalue weighted by Crippen LogP contribution is -2.39. The average Bonchev–Trinajstić information content (AvgIpc) is 2.99. The fourth-order valence-corrected chi connectivity index (χ4v) is 3.63. The Balaban J connectivity index is 2.12. The van der Waals surface area contributed by atoms with E-state index in [1.54, 1.807) is 11.5 Å². The van der Waals surface area contributed by atoms with Gasteiger partial charge in [-0.05, 0) is 62.0 Å². The number of benzene rings is 1. The number of anilines is 1. The zero-order valence-corrected chi connectivity index (χ0v) is 17.5. The van der Waals surface area contributed by atoms with E-state index in [0.29, 0.717) is 9.54 Å². The molecule has 0 aliphatic carbocycles. The van der Waals surface area contributed by atoms with Crippen LogP contribution in [0, 0.1) is 9.54 Å². The molecule has 8 heteroatoms. The van der Waals surface area contributed by atoms with E-state index in [0.717, 1.165) is 30.8 Å². The summed E-state index contributed by atoms with van der Waals surface area (Å²) >= 11 is 10.5. The number of nitrogens with zero attached hydrogens (tertiary/aromatic N) is 2. The number of aromatic amines is 2. The van der Waals surface area contributed by atoms with Gasteiger partial charge in [0.1, 0.15) is 6.04 Å². The van der Waals surface area contributed by atoms with Gasteiger partial charge in [0.25, 0.3) is 0 Å². The molecular formula is C19H28N4O2S2. The Kier molecular flexibility index (Phi) is 8.24. The monoisotopic (exact) mass is 408 g/mol. The largest absolute Gasteiger partial charge is 0.480 e. The second-order valence-corrected chi connectivity index (χ2v) is 7.46. The van der Waals surface area contributed by atoms with Crippen LogP contribution in [0.25, 0.3) is 5.69 Å². The van der Waals surface area contributed by atoms with Crippen LogP contribution in [0.3, 0.4) is 0 Å². The van der Waals surface area contributed by atoms with Crippen LogP contribution in [-0.4, -0.2) is 38.4 Å². The predicted molar refractivity (Wildman–Crippen MR) is 114 cm³/mol. The Morgan fingerprint density at radius 3 is 2.19 bits per heavy atom. The minimum atomic E-state index is -0.819. The third-order valence-corrected chi connectivity index (χ3v) is 5.27. The van der Waals surface area contributed by atoms with Crippen LogP contribution in [-0.2, 0) is 4.79 Å². The molecule has 0 fully saturated rings. The Hall–Kier alpha value is -1.93. The summed E-state index contributed by atoms with van der Waals surface area (Å²) in [6, 6.07) is 7.09. The van der Waals surface area contributed by atoms with E-state index >= 15 is 0 Å². The highest BCUT2D eigenvalue weighted by molar-refractivity contribution is 7.72. The van der Waals surface area contributed by atoms with Crippen LogP contribution >= 0.6 is 24.4 Å². The molecule has 0 aliphatic rings. The first-order chi connectivity index (χ1) is 13.0. The minimum Gasteiger partial charge on any atom is -0.480 e. The van der Waals surface area contributed by atoms with Gasteiger partial charge < -0.3 is 10.0 Å². The molecule has 0 saturated heterocycles. The summed E-state index contributed by atoms with van der Waals surface area (Å²) in [4.78, 5) is 13.5. The van der Waals surface area contributed by atoms with E-state index in [4.69, 9.17) is 24.4 Å². The molecule has 0 spiro atoms. The molecule has 1 atom stereocenters. The van der Waals surface area contributed by atoms with Crippen molar-refractivity contribution in [2.24, 2.45) is 0 Å². The molecule has 0 saturated carbocycles. The van der Waals surface area contributed by atoms with Crippen LogP contribution in [0.1, 0.15) is 52.4 Å². The highest BCUT2D eigenvalue weighted by Crippen LogP contribution is 2.21. The summed E-state index contributed by atoms with van der Waals surface area (Å²) in [6.45, 7) is 4.65. The molecule has 1 aromatic carbocycles. The van der Waals surface area contributed by atoms with Crippen LogP contribution in [0.4, 0.5) is 5.69 Å². The zero-order valence-electron chi connectivity index (χ0n) is 15.9. The molecule has 27 heavy (non-hydrogen) atoms. The van der Waals surface area contributed by atoms with Gasteiger partial charge in [0, 0.05) is 12.2 Å². The summed E-state index contributed by atoms with van der Waals surface area (Å²) in [5.74, 6) is -0.819. The number of unbranched alkanes of at least 4 members (excludes halogenated alkanes) is 5. The summed E-state index contributed by atoms with van der Waals surface area (Å²) in [7, 11) is 0. The van der Waals surface area contributed by atoms with Crippen molar-refractivity contribution in [2.75, 3.05) is 11.4 Å². The molecule has 148 valence electrons. The number of hydrogen-bond donors (Lipinski definition) is 3. The standard InChI is InChI=1S/C19H28N4O2S2/c1-3-4-5-6-7-8-13-22(14(2)17(24)25)15-9-11-16(12-10-15)23-18(26)20-21-19(23)27/h9-12,14H,3-8,13H2,1-2H3,(H,20,26)(H,21,27)(H,24,25). The topological polar surface area (TPSA) is 77.0 Å². The van der Waals surface area contributed by atoms with Gasteiger partial charge in [-0.3, -0.25) is 14.8 Å². The van der Waals surface area contributed by atoms with Gasteiger partial charge in [-0.25, -0.2) is 4.79 Å². The molecule has 2 aromatic rings. The van der Waals surface area contributed by atoms with Gasteiger partial charge in [-0.1, -0.05) is 39.0 Å². The van der Waals surface area contributed by atoms with E-state index in [2.05, 4.69) is 17.1 Å². The van der Waals surface area contributed by atoms with E-state index in [1.807, 2.05) is 29.2 Å². The van der Waals surface area contributed by atoms with Crippen molar-refractivity contribution in [3.05, 3.63) is 33.8 Å². The molecule has 6 nitrogen and oxygen atoms in total. The predicted octanol–water partition coefficient (Wildman–Crippen LogP) is 5.23. The van der Waals surface area contributed by atoms with E-state index in [1.165, 1.54) is 25.7 Å². The molecule has 0 amide bonds. The van der Waals surface area contributed by atoms with Crippen LogP contribution in [0.5, 0.6) is 0 Å². The van der Waals surface area contributed by atoms with Crippen molar-refractivity contribution < 1.29 is 9.90 Å². The Labute approximate surface area is 170 Å². The van der Waals surface area contributed by atoms with Gasteiger partial charge in [0.15, 0.2) is 9.54 Å². The maximum Gasteiger partial charge on any atom is 0.326 e. The maximum absolute atomic E-state index is 11.5. The van der Waals surface area contributed by atoms with Crippen molar-refractivity contribution >= 4 is 36.1 Å². The van der Waals surface area contributed by atoms with Crippen LogP contribution in [0.2, 0.25) is 0 Å². The molecule has 0 bridgehead atoms. The number of carboxylic acids is 1. The number of H-pyrrole nitrogens is 2. The SMILES string of the molecule is CCCCCCCCN(c1ccc(-n2c(=S)[nH][nH]c2=S)cc1)C(C)C(=O)O. The molecule has 2 rings (SSSR count). The second-order valence-electron chi connectivity index (χ2n) is 6.69. The molecule has 3 N–H and O–H groups in total. The number of rotatable bonds is 11. The Morgan fingerprint density at radius 2 is 1.63 bits per heavy atom. The number of nitrogens with one attached hydrogen (secondary N) is 2. The Bertz CT molecular complexity index is 811. The first-order valence-corrected chi connectivity index (χ1v) is 10.3.